The number of rotatable bonds is 2. The fraction of sp³-hybridized carbons (Fsp3) is 0.182. The molecule has 1 aromatic carbocycles. The van der Waals surface area contributed by atoms with Crippen molar-refractivity contribution in [2.75, 3.05) is 5.75 Å². The smallest absolute Gasteiger partial charge is 0.237 e. The van der Waals surface area contributed by atoms with E-state index in [1.54, 1.807) is 17.2 Å². The molecule has 2 nitrogen and oxygen atoms in total. The number of carbonyl (C=O) groups excluding carboxylic acids is 1. The predicted molar refractivity (Wildman–Crippen MR) is 58.5 cm³/mol. The van der Waals surface area contributed by atoms with Crippen LogP contribution in [0.25, 0.3) is 0 Å². The standard InChI is InChI=1S/C11H10FNOS/c12-10-3-1-2-9(6-10)7-13-4-5-15-8-11(13)14/h1-6H,7-8H2. The Morgan fingerprint density at radius 2 is 2.33 bits per heavy atom. The highest BCUT2D eigenvalue weighted by atomic mass is 32.2. The van der Waals surface area contributed by atoms with Gasteiger partial charge in [0, 0.05) is 6.20 Å². The van der Waals surface area contributed by atoms with Crippen LogP contribution in [-0.2, 0) is 11.3 Å². The van der Waals surface area contributed by atoms with Crippen molar-refractivity contribution in [3.63, 3.8) is 0 Å². The van der Waals surface area contributed by atoms with Gasteiger partial charge in [-0.3, -0.25) is 4.79 Å². The molecular formula is C11H10FNOS. The monoisotopic (exact) mass is 223 g/mol. The molecule has 15 heavy (non-hydrogen) atoms. The number of carbonyl (C=O) groups is 1. The van der Waals surface area contributed by atoms with Gasteiger partial charge >= 0.3 is 0 Å². The second-order valence-electron chi connectivity index (χ2n) is 3.25. The van der Waals surface area contributed by atoms with E-state index in [1.807, 2.05) is 11.5 Å². The Morgan fingerprint density at radius 1 is 1.47 bits per heavy atom. The van der Waals surface area contributed by atoms with Crippen LogP contribution in [-0.4, -0.2) is 16.6 Å². The van der Waals surface area contributed by atoms with E-state index in [0.29, 0.717) is 12.3 Å². The molecule has 0 spiro atoms. The van der Waals surface area contributed by atoms with Gasteiger partial charge in [-0.25, -0.2) is 4.39 Å². The first-order valence-electron chi connectivity index (χ1n) is 4.58. The normalized spacial score (nSPS) is 15.8. The Hall–Kier alpha value is -1.29. The van der Waals surface area contributed by atoms with Gasteiger partial charge in [0.25, 0.3) is 0 Å². The summed E-state index contributed by atoms with van der Waals surface area (Å²) < 4.78 is 12.9. The van der Waals surface area contributed by atoms with Crippen molar-refractivity contribution in [3.8, 4) is 0 Å². The summed E-state index contributed by atoms with van der Waals surface area (Å²) >= 11 is 1.47. The summed E-state index contributed by atoms with van der Waals surface area (Å²) in [6, 6.07) is 6.31. The second-order valence-corrected chi connectivity index (χ2v) is 4.14. The minimum Gasteiger partial charge on any atom is -0.313 e. The summed E-state index contributed by atoms with van der Waals surface area (Å²) in [7, 11) is 0. The molecule has 1 heterocycles. The molecule has 1 amide bonds. The van der Waals surface area contributed by atoms with Gasteiger partial charge in [0.05, 0.1) is 12.3 Å². The van der Waals surface area contributed by atoms with E-state index in [4.69, 9.17) is 0 Å². The number of hydrogen-bond donors (Lipinski definition) is 0. The van der Waals surface area contributed by atoms with E-state index in [1.165, 1.54) is 23.9 Å². The molecule has 0 saturated heterocycles. The first-order chi connectivity index (χ1) is 7.25. The summed E-state index contributed by atoms with van der Waals surface area (Å²) in [4.78, 5) is 13.0. The molecule has 4 heteroatoms. The van der Waals surface area contributed by atoms with Crippen LogP contribution in [0, 0.1) is 5.82 Å². The summed E-state index contributed by atoms with van der Waals surface area (Å²) in [6.07, 6.45) is 1.74. The van der Waals surface area contributed by atoms with Crippen molar-refractivity contribution >= 4 is 17.7 Å². The lowest BCUT2D eigenvalue weighted by atomic mass is 10.2. The molecule has 2 rings (SSSR count). The van der Waals surface area contributed by atoms with Gasteiger partial charge in [0.1, 0.15) is 5.82 Å². The van der Waals surface area contributed by atoms with E-state index < -0.39 is 0 Å². The molecule has 0 saturated carbocycles. The minimum absolute atomic E-state index is 0.0618. The summed E-state index contributed by atoms with van der Waals surface area (Å²) in [5.74, 6) is 0.258. The molecule has 0 radical (unpaired) electrons. The van der Waals surface area contributed by atoms with Crippen LogP contribution >= 0.6 is 11.8 Å². The van der Waals surface area contributed by atoms with E-state index in [2.05, 4.69) is 0 Å². The number of nitrogens with zero attached hydrogens (tertiary/aromatic N) is 1. The third-order valence-corrected chi connectivity index (χ3v) is 2.83. The summed E-state index contributed by atoms with van der Waals surface area (Å²) in [5, 5.41) is 1.88. The van der Waals surface area contributed by atoms with E-state index in [0.717, 1.165) is 5.56 Å². The number of thioether (sulfide) groups is 1. The molecule has 0 fully saturated rings. The van der Waals surface area contributed by atoms with E-state index >= 15 is 0 Å². The fourth-order valence-corrected chi connectivity index (χ4v) is 2.01. The first-order valence-corrected chi connectivity index (χ1v) is 5.63. The Kier molecular flexibility index (Phi) is 3.06. The lowest BCUT2D eigenvalue weighted by Crippen LogP contribution is -2.28. The van der Waals surface area contributed by atoms with Crippen molar-refractivity contribution in [1.82, 2.24) is 4.90 Å². The topological polar surface area (TPSA) is 20.3 Å². The van der Waals surface area contributed by atoms with Crippen LogP contribution < -0.4 is 0 Å². The van der Waals surface area contributed by atoms with Crippen molar-refractivity contribution < 1.29 is 9.18 Å². The average molecular weight is 223 g/mol. The Bertz CT molecular complexity index is 405. The lowest BCUT2D eigenvalue weighted by Gasteiger charge is -2.20. The molecule has 1 aliphatic rings. The van der Waals surface area contributed by atoms with E-state index in [-0.39, 0.29) is 11.7 Å². The molecule has 1 aliphatic heterocycles. The van der Waals surface area contributed by atoms with Crippen LogP contribution in [0.1, 0.15) is 5.56 Å². The number of benzene rings is 1. The molecule has 78 valence electrons. The summed E-state index contributed by atoms with van der Waals surface area (Å²) in [6.45, 7) is 0.438. The average Bonchev–Trinajstić information content (AvgIpc) is 2.22. The molecule has 0 atom stereocenters. The number of halogens is 1. The van der Waals surface area contributed by atoms with Gasteiger partial charge in [-0.05, 0) is 23.1 Å². The Morgan fingerprint density at radius 3 is 3.07 bits per heavy atom. The van der Waals surface area contributed by atoms with Crippen LogP contribution in [0.4, 0.5) is 4.39 Å². The van der Waals surface area contributed by atoms with Crippen LogP contribution in [0.3, 0.4) is 0 Å². The highest BCUT2D eigenvalue weighted by molar-refractivity contribution is 8.02. The second kappa shape index (κ2) is 4.49. The lowest BCUT2D eigenvalue weighted by molar-refractivity contribution is -0.126. The molecular weight excluding hydrogens is 213 g/mol. The van der Waals surface area contributed by atoms with Crippen LogP contribution in [0.2, 0.25) is 0 Å². The molecule has 0 aromatic heterocycles. The van der Waals surface area contributed by atoms with Crippen molar-refractivity contribution in [2.24, 2.45) is 0 Å². The quantitative estimate of drug-likeness (QED) is 0.767. The van der Waals surface area contributed by atoms with Crippen molar-refractivity contribution in [1.29, 1.82) is 0 Å². The van der Waals surface area contributed by atoms with Crippen LogP contribution in [0.5, 0.6) is 0 Å². The Balaban J connectivity index is 2.11. The number of amides is 1. The SMILES string of the molecule is O=C1CSC=CN1Cc1cccc(F)c1. The van der Waals surface area contributed by atoms with Gasteiger partial charge in [0.15, 0.2) is 0 Å². The maximum atomic E-state index is 12.9. The largest absolute Gasteiger partial charge is 0.313 e. The third-order valence-electron chi connectivity index (χ3n) is 2.11. The first kappa shape index (κ1) is 10.2. The predicted octanol–water partition coefficient (Wildman–Crippen LogP) is 2.37. The van der Waals surface area contributed by atoms with Gasteiger partial charge in [0.2, 0.25) is 5.91 Å². The summed E-state index contributed by atoms with van der Waals surface area (Å²) in [5.41, 5.74) is 0.805. The molecule has 1 aromatic rings. The zero-order valence-corrected chi connectivity index (χ0v) is 8.84. The van der Waals surface area contributed by atoms with E-state index in [9.17, 15) is 9.18 Å². The molecule has 0 N–H and O–H groups in total. The maximum Gasteiger partial charge on any atom is 0.237 e. The molecule has 0 bridgehead atoms. The maximum absolute atomic E-state index is 12.9. The molecule has 0 unspecified atom stereocenters. The fourth-order valence-electron chi connectivity index (χ4n) is 1.37. The zero-order chi connectivity index (χ0) is 10.7. The van der Waals surface area contributed by atoms with Gasteiger partial charge < -0.3 is 4.90 Å². The van der Waals surface area contributed by atoms with Gasteiger partial charge in [-0.1, -0.05) is 12.1 Å². The molecule has 0 aliphatic carbocycles. The number of hydrogen-bond acceptors (Lipinski definition) is 2. The van der Waals surface area contributed by atoms with Crippen molar-refractivity contribution in [2.45, 2.75) is 6.54 Å². The highest BCUT2D eigenvalue weighted by Crippen LogP contribution is 2.15. The van der Waals surface area contributed by atoms with Gasteiger partial charge in [-0.15, -0.1) is 11.8 Å². The van der Waals surface area contributed by atoms with Crippen molar-refractivity contribution in [3.05, 3.63) is 47.3 Å². The Labute approximate surface area is 91.8 Å². The highest BCUT2D eigenvalue weighted by Gasteiger charge is 2.14. The minimum atomic E-state index is -0.268. The van der Waals surface area contributed by atoms with Gasteiger partial charge in [-0.2, -0.15) is 0 Å². The third kappa shape index (κ3) is 2.59. The zero-order valence-electron chi connectivity index (χ0n) is 8.02. The van der Waals surface area contributed by atoms with Crippen LogP contribution in [0.15, 0.2) is 35.9 Å².